The van der Waals surface area contributed by atoms with E-state index in [1.54, 1.807) is 0 Å². The molecule has 0 bridgehead atoms. The van der Waals surface area contributed by atoms with Crippen molar-refractivity contribution in [2.45, 2.75) is 39.8 Å². The average Bonchev–Trinajstić information content (AvgIpc) is 2.04. The molecule has 1 aliphatic heterocycles. The average molecular weight is 170 g/mol. The maximum Gasteiger partial charge on any atom is 0.0216 e. The van der Waals surface area contributed by atoms with Crippen LogP contribution < -0.4 is 10.6 Å². The van der Waals surface area contributed by atoms with Crippen molar-refractivity contribution in [1.82, 2.24) is 10.6 Å². The Morgan fingerprint density at radius 3 is 1.33 bits per heavy atom. The van der Waals surface area contributed by atoms with Crippen LogP contribution >= 0.6 is 0 Å². The molecule has 2 heteroatoms. The molecule has 1 aliphatic rings. The number of hydrogen-bond acceptors (Lipinski definition) is 2. The minimum absolute atomic E-state index is 0.667. The number of hydrogen-bond donors (Lipinski definition) is 2. The van der Waals surface area contributed by atoms with E-state index in [9.17, 15) is 0 Å². The van der Waals surface area contributed by atoms with E-state index in [4.69, 9.17) is 0 Å². The van der Waals surface area contributed by atoms with Crippen LogP contribution in [0.5, 0.6) is 0 Å². The molecule has 0 aromatic rings. The lowest BCUT2D eigenvalue weighted by Gasteiger charge is -2.35. The van der Waals surface area contributed by atoms with E-state index in [-0.39, 0.29) is 0 Å². The van der Waals surface area contributed by atoms with E-state index >= 15 is 0 Å². The fraction of sp³-hybridized carbons (Fsp3) is 1.00. The number of piperazine rings is 1. The largest absolute Gasteiger partial charge is 0.311 e. The van der Waals surface area contributed by atoms with Crippen LogP contribution in [0.1, 0.15) is 27.7 Å². The van der Waals surface area contributed by atoms with Crippen molar-refractivity contribution in [3.8, 4) is 0 Å². The van der Waals surface area contributed by atoms with Crippen molar-refractivity contribution in [2.75, 3.05) is 13.1 Å². The predicted octanol–water partition coefficient (Wildman–Crippen LogP) is 1.23. The Balaban J connectivity index is 2.30. The molecule has 2 N–H and O–H groups in total. The Morgan fingerprint density at radius 1 is 0.833 bits per heavy atom. The van der Waals surface area contributed by atoms with Crippen molar-refractivity contribution in [3.05, 3.63) is 0 Å². The highest BCUT2D eigenvalue weighted by Gasteiger charge is 2.23. The molecular formula is C10H22N2. The molecule has 12 heavy (non-hydrogen) atoms. The van der Waals surface area contributed by atoms with Gasteiger partial charge in [0.05, 0.1) is 0 Å². The second-order valence-electron chi connectivity index (χ2n) is 4.52. The van der Waals surface area contributed by atoms with Crippen LogP contribution in [-0.2, 0) is 0 Å². The molecule has 1 heterocycles. The molecule has 0 amide bonds. The van der Waals surface area contributed by atoms with Crippen molar-refractivity contribution in [1.29, 1.82) is 0 Å². The zero-order valence-corrected chi connectivity index (χ0v) is 8.72. The predicted molar refractivity (Wildman–Crippen MR) is 53.3 cm³/mol. The monoisotopic (exact) mass is 170 g/mol. The SMILES string of the molecule is CC(C)[C@@H]1CN[C@@H](C(C)C)CN1. The third-order valence-corrected chi connectivity index (χ3v) is 2.81. The molecule has 2 nitrogen and oxygen atoms in total. The summed E-state index contributed by atoms with van der Waals surface area (Å²) in [5.74, 6) is 1.48. The van der Waals surface area contributed by atoms with Gasteiger partial charge in [-0.25, -0.2) is 0 Å². The van der Waals surface area contributed by atoms with Crippen molar-refractivity contribution in [3.63, 3.8) is 0 Å². The van der Waals surface area contributed by atoms with Crippen LogP contribution in [0, 0.1) is 11.8 Å². The maximum absolute atomic E-state index is 3.59. The molecule has 0 spiro atoms. The third kappa shape index (κ3) is 2.46. The minimum atomic E-state index is 0.667. The zero-order chi connectivity index (χ0) is 9.14. The maximum atomic E-state index is 3.59. The molecule has 0 saturated carbocycles. The van der Waals surface area contributed by atoms with Crippen molar-refractivity contribution >= 4 is 0 Å². The first-order valence-corrected chi connectivity index (χ1v) is 5.08. The quantitative estimate of drug-likeness (QED) is 0.651. The van der Waals surface area contributed by atoms with Gasteiger partial charge in [0.15, 0.2) is 0 Å². The molecule has 0 radical (unpaired) electrons. The van der Waals surface area contributed by atoms with Crippen LogP contribution in [0.15, 0.2) is 0 Å². The van der Waals surface area contributed by atoms with Crippen LogP contribution in [0.25, 0.3) is 0 Å². The Bertz CT molecular complexity index is 108. The van der Waals surface area contributed by atoms with E-state index in [0.29, 0.717) is 12.1 Å². The van der Waals surface area contributed by atoms with Gasteiger partial charge >= 0.3 is 0 Å². The van der Waals surface area contributed by atoms with Gasteiger partial charge in [0.1, 0.15) is 0 Å². The van der Waals surface area contributed by atoms with Gasteiger partial charge in [0.25, 0.3) is 0 Å². The van der Waals surface area contributed by atoms with E-state index in [2.05, 4.69) is 38.3 Å². The highest BCUT2D eigenvalue weighted by molar-refractivity contribution is 4.85. The lowest BCUT2D eigenvalue weighted by molar-refractivity contribution is 0.259. The molecule has 1 rings (SSSR count). The molecule has 2 atom stereocenters. The molecule has 0 aromatic heterocycles. The molecule has 1 fully saturated rings. The molecule has 0 unspecified atom stereocenters. The highest BCUT2D eigenvalue weighted by atomic mass is 15.1. The van der Waals surface area contributed by atoms with E-state index in [1.165, 1.54) is 0 Å². The van der Waals surface area contributed by atoms with Gasteiger partial charge in [0, 0.05) is 25.2 Å². The van der Waals surface area contributed by atoms with Crippen LogP contribution in [0.3, 0.4) is 0 Å². The smallest absolute Gasteiger partial charge is 0.0216 e. The summed E-state index contributed by atoms with van der Waals surface area (Å²) in [5, 5.41) is 7.17. The minimum Gasteiger partial charge on any atom is -0.311 e. The molecule has 0 aromatic carbocycles. The number of nitrogens with one attached hydrogen (secondary N) is 2. The second kappa shape index (κ2) is 4.24. The van der Waals surface area contributed by atoms with Gasteiger partial charge in [-0.05, 0) is 11.8 Å². The van der Waals surface area contributed by atoms with Gasteiger partial charge < -0.3 is 10.6 Å². The second-order valence-corrected chi connectivity index (χ2v) is 4.52. The summed E-state index contributed by atoms with van der Waals surface area (Å²) < 4.78 is 0. The summed E-state index contributed by atoms with van der Waals surface area (Å²) >= 11 is 0. The Labute approximate surface area is 76.1 Å². The standard InChI is InChI=1S/C10H22N2/c1-7(2)9-5-12-10(6-11-9)8(3)4/h7-12H,5-6H2,1-4H3/t9-,10+. The van der Waals surface area contributed by atoms with E-state index < -0.39 is 0 Å². The molecular weight excluding hydrogens is 148 g/mol. The van der Waals surface area contributed by atoms with Gasteiger partial charge in [-0.2, -0.15) is 0 Å². The Morgan fingerprint density at radius 2 is 1.17 bits per heavy atom. The van der Waals surface area contributed by atoms with Gasteiger partial charge in [-0.15, -0.1) is 0 Å². The summed E-state index contributed by atoms with van der Waals surface area (Å²) in [6.07, 6.45) is 0. The fourth-order valence-corrected chi connectivity index (χ4v) is 1.64. The van der Waals surface area contributed by atoms with Gasteiger partial charge in [-0.3, -0.25) is 0 Å². The highest BCUT2D eigenvalue weighted by Crippen LogP contribution is 2.08. The van der Waals surface area contributed by atoms with Crippen molar-refractivity contribution in [2.24, 2.45) is 11.8 Å². The van der Waals surface area contributed by atoms with Crippen molar-refractivity contribution < 1.29 is 0 Å². The molecule has 0 aliphatic carbocycles. The molecule has 72 valence electrons. The summed E-state index contributed by atoms with van der Waals surface area (Å²) in [6, 6.07) is 1.33. The number of rotatable bonds is 2. The lowest BCUT2D eigenvalue weighted by atomic mass is 9.97. The Kier molecular flexibility index (Phi) is 3.53. The molecule has 1 saturated heterocycles. The normalized spacial score (nSPS) is 31.5. The summed E-state index contributed by atoms with van der Waals surface area (Å²) in [4.78, 5) is 0. The van der Waals surface area contributed by atoms with E-state index in [1.807, 2.05) is 0 Å². The van der Waals surface area contributed by atoms with Crippen LogP contribution in [0.2, 0.25) is 0 Å². The van der Waals surface area contributed by atoms with E-state index in [0.717, 1.165) is 24.9 Å². The van der Waals surface area contributed by atoms with Crippen LogP contribution in [0.4, 0.5) is 0 Å². The zero-order valence-electron chi connectivity index (χ0n) is 8.72. The Hall–Kier alpha value is -0.0800. The van der Waals surface area contributed by atoms with Crippen LogP contribution in [-0.4, -0.2) is 25.2 Å². The van der Waals surface area contributed by atoms with Gasteiger partial charge in [0.2, 0.25) is 0 Å². The summed E-state index contributed by atoms with van der Waals surface area (Å²) in [7, 11) is 0. The lowest BCUT2D eigenvalue weighted by Crippen LogP contribution is -2.57. The summed E-state index contributed by atoms with van der Waals surface area (Å²) in [5.41, 5.74) is 0. The van der Waals surface area contributed by atoms with Gasteiger partial charge in [-0.1, -0.05) is 27.7 Å². The first-order chi connectivity index (χ1) is 5.61. The first-order valence-electron chi connectivity index (χ1n) is 5.08. The first kappa shape index (κ1) is 10.0. The topological polar surface area (TPSA) is 24.1 Å². The summed E-state index contributed by atoms with van der Waals surface area (Å²) in [6.45, 7) is 11.3. The fourth-order valence-electron chi connectivity index (χ4n) is 1.64. The third-order valence-electron chi connectivity index (χ3n) is 2.81.